The molecule has 3 heterocycles. The van der Waals surface area contributed by atoms with Crippen LogP contribution in [0.15, 0.2) is 29.8 Å². The molecule has 0 spiro atoms. The number of ether oxygens (including phenoxy) is 1. The third-order valence-electron chi connectivity index (χ3n) is 5.63. The summed E-state index contributed by atoms with van der Waals surface area (Å²) in [4.78, 5) is 31.9. The van der Waals surface area contributed by atoms with Gasteiger partial charge in [0.1, 0.15) is 23.9 Å². The van der Waals surface area contributed by atoms with Gasteiger partial charge >= 0.3 is 0 Å². The van der Waals surface area contributed by atoms with Crippen LogP contribution in [0, 0.1) is 5.92 Å². The van der Waals surface area contributed by atoms with Crippen LogP contribution in [0.3, 0.4) is 0 Å². The summed E-state index contributed by atoms with van der Waals surface area (Å²) in [6, 6.07) is 5.39. The average molecular weight is 472 g/mol. The van der Waals surface area contributed by atoms with Crippen molar-refractivity contribution in [3.05, 3.63) is 51.1 Å². The highest BCUT2D eigenvalue weighted by Crippen LogP contribution is 2.40. The molecule has 0 bridgehead atoms. The predicted molar refractivity (Wildman–Crippen MR) is 121 cm³/mol. The third-order valence-corrected chi connectivity index (χ3v) is 6.63. The van der Waals surface area contributed by atoms with Crippen molar-refractivity contribution >= 4 is 34.8 Å². The molecule has 1 aliphatic heterocycles. The fraction of sp³-hybridized carbons (Fsp3) is 0.364. The average Bonchev–Trinajstić information content (AvgIpc) is 3.35. The van der Waals surface area contributed by atoms with Crippen LogP contribution in [0.4, 0.5) is 0 Å². The molecule has 10 heteroatoms. The van der Waals surface area contributed by atoms with Crippen LogP contribution in [0.1, 0.15) is 33.9 Å². The standard InChI is InChI=1S/C22H22ClN5O3S/c1-27-21-15-8-14(23)4-5-17(15)31-12-16(21)20(26-27)22(30)28(11-19-24-6-7-32-19)10-18(29)25-9-13-2-3-13/h4-8,13H,2-3,9-12H2,1H3,(H,25,29). The van der Waals surface area contributed by atoms with Gasteiger partial charge in [0.25, 0.3) is 5.91 Å². The topological polar surface area (TPSA) is 89.4 Å². The van der Waals surface area contributed by atoms with Crippen LogP contribution in [-0.2, 0) is 25.0 Å². The zero-order valence-corrected chi connectivity index (χ0v) is 19.1. The number of nitrogens with one attached hydrogen (secondary N) is 1. The molecule has 8 nitrogen and oxygen atoms in total. The van der Waals surface area contributed by atoms with E-state index in [-0.39, 0.29) is 37.2 Å². The Morgan fingerprint density at radius 2 is 2.22 bits per heavy atom. The van der Waals surface area contributed by atoms with E-state index >= 15 is 0 Å². The minimum absolute atomic E-state index is 0.0558. The molecule has 2 amide bonds. The van der Waals surface area contributed by atoms with Crippen molar-refractivity contribution in [1.29, 1.82) is 0 Å². The number of halogens is 1. The number of fused-ring (bicyclic) bond motifs is 3. The van der Waals surface area contributed by atoms with Gasteiger partial charge in [-0.1, -0.05) is 11.6 Å². The van der Waals surface area contributed by atoms with E-state index in [9.17, 15) is 9.59 Å². The van der Waals surface area contributed by atoms with Gasteiger partial charge in [0.2, 0.25) is 5.91 Å². The van der Waals surface area contributed by atoms with E-state index in [2.05, 4.69) is 15.4 Å². The van der Waals surface area contributed by atoms with E-state index < -0.39 is 0 Å². The van der Waals surface area contributed by atoms with Gasteiger partial charge in [-0.3, -0.25) is 14.3 Å². The molecule has 0 unspecified atom stereocenters. The number of hydrogen-bond donors (Lipinski definition) is 1. The Labute approximate surface area is 194 Å². The first-order chi connectivity index (χ1) is 15.5. The monoisotopic (exact) mass is 471 g/mol. The van der Waals surface area contributed by atoms with Crippen LogP contribution in [-0.4, -0.2) is 44.6 Å². The number of aryl methyl sites for hydroxylation is 1. The molecular formula is C22H22ClN5O3S. The lowest BCUT2D eigenvalue weighted by molar-refractivity contribution is -0.121. The first kappa shape index (κ1) is 21.0. The molecule has 0 saturated heterocycles. The Hall–Kier alpha value is -2.91. The first-order valence-corrected chi connectivity index (χ1v) is 11.7. The van der Waals surface area contributed by atoms with Gasteiger partial charge in [0.05, 0.1) is 12.2 Å². The number of aromatic nitrogens is 3. The van der Waals surface area contributed by atoms with Gasteiger partial charge in [-0.15, -0.1) is 11.3 Å². The largest absolute Gasteiger partial charge is 0.488 e. The lowest BCUT2D eigenvalue weighted by atomic mass is 10.0. The molecular weight excluding hydrogens is 450 g/mol. The molecule has 0 radical (unpaired) electrons. The van der Waals surface area contributed by atoms with Crippen molar-refractivity contribution in [3.8, 4) is 17.0 Å². The van der Waals surface area contributed by atoms with E-state index in [0.717, 1.165) is 29.1 Å². The molecule has 1 aromatic carbocycles. The van der Waals surface area contributed by atoms with E-state index in [0.29, 0.717) is 28.8 Å². The molecule has 166 valence electrons. The van der Waals surface area contributed by atoms with Gasteiger partial charge < -0.3 is 15.0 Å². The SMILES string of the molecule is Cn1nc(C(=O)N(CC(=O)NCC2CC2)Cc2nccs2)c2c1-c1cc(Cl)ccc1OC2. The second-order valence-corrected chi connectivity index (χ2v) is 9.48. The Bertz CT molecular complexity index is 1170. The van der Waals surface area contributed by atoms with Crippen LogP contribution in [0.5, 0.6) is 5.75 Å². The fourth-order valence-electron chi connectivity index (χ4n) is 3.83. The lowest BCUT2D eigenvalue weighted by Gasteiger charge is -2.22. The van der Waals surface area contributed by atoms with Crippen molar-refractivity contribution in [2.45, 2.75) is 26.0 Å². The second kappa shape index (κ2) is 8.55. The summed E-state index contributed by atoms with van der Waals surface area (Å²) in [5.74, 6) is 0.754. The highest BCUT2D eigenvalue weighted by Gasteiger charge is 2.32. The number of benzene rings is 1. The van der Waals surface area contributed by atoms with Crippen molar-refractivity contribution in [2.24, 2.45) is 13.0 Å². The minimum Gasteiger partial charge on any atom is -0.488 e. The van der Waals surface area contributed by atoms with Crippen LogP contribution < -0.4 is 10.1 Å². The highest BCUT2D eigenvalue weighted by molar-refractivity contribution is 7.09. The van der Waals surface area contributed by atoms with E-state index in [1.54, 1.807) is 24.0 Å². The summed E-state index contributed by atoms with van der Waals surface area (Å²) >= 11 is 7.64. The van der Waals surface area contributed by atoms with Gasteiger partial charge in [-0.2, -0.15) is 5.10 Å². The molecule has 1 saturated carbocycles. The van der Waals surface area contributed by atoms with E-state index in [1.807, 2.05) is 17.5 Å². The maximum Gasteiger partial charge on any atom is 0.275 e. The lowest BCUT2D eigenvalue weighted by Crippen LogP contribution is -2.41. The molecule has 32 heavy (non-hydrogen) atoms. The Balaban J connectivity index is 1.44. The smallest absolute Gasteiger partial charge is 0.275 e. The zero-order chi connectivity index (χ0) is 22.2. The van der Waals surface area contributed by atoms with Crippen molar-refractivity contribution < 1.29 is 14.3 Å². The normalized spacial score (nSPS) is 14.3. The zero-order valence-electron chi connectivity index (χ0n) is 17.5. The predicted octanol–water partition coefficient (Wildman–Crippen LogP) is 3.26. The molecule has 2 aliphatic rings. The summed E-state index contributed by atoms with van der Waals surface area (Å²) in [6.45, 7) is 1.06. The number of hydrogen-bond acceptors (Lipinski definition) is 6. The number of carbonyl (C=O) groups excluding carboxylic acids is 2. The van der Waals surface area contributed by atoms with Crippen LogP contribution in [0.25, 0.3) is 11.3 Å². The number of rotatable bonds is 7. The Morgan fingerprint density at radius 1 is 1.38 bits per heavy atom. The van der Waals surface area contributed by atoms with Crippen LogP contribution >= 0.6 is 22.9 Å². The van der Waals surface area contributed by atoms with Crippen LogP contribution in [0.2, 0.25) is 5.02 Å². The summed E-state index contributed by atoms with van der Waals surface area (Å²) in [7, 11) is 1.79. The Kier molecular flexibility index (Phi) is 5.60. The fourth-order valence-corrected chi connectivity index (χ4v) is 4.63. The number of nitrogens with zero attached hydrogens (tertiary/aromatic N) is 4. The summed E-state index contributed by atoms with van der Waals surface area (Å²) in [5.41, 5.74) is 2.56. The summed E-state index contributed by atoms with van der Waals surface area (Å²) in [6.07, 6.45) is 3.98. The van der Waals surface area contributed by atoms with Gasteiger partial charge in [0.15, 0.2) is 5.69 Å². The van der Waals surface area contributed by atoms with Gasteiger partial charge in [-0.25, -0.2) is 4.98 Å². The van der Waals surface area contributed by atoms with Crippen molar-refractivity contribution in [1.82, 2.24) is 25.0 Å². The first-order valence-electron chi connectivity index (χ1n) is 10.4. The summed E-state index contributed by atoms with van der Waals surface area (Å²) < 4.78 is 7.55. The van der Waals surface area contributed by atoms with E-state index in [1.165, 1.54) is 16.2 Å². The molecule has 5 rings (SSSR count). The van der Waals surface area contributed by atoms with Crippen molar-refractivity contribution in [3.63, 3.8) is 0 Å². The maximum absolute atomic E-state index is 13.6. The number of carbonyl (C=O) groups is 2. The number of thiazole rings is 1. The third kappa shape index (κ3) is 4.22. The molecule has 2 aromatic heterocycles. The number of amides is 2. The Morgan fingerprint density at radius 3 is 2.97 bits per heavy atom. The summed E-state index contributed by atoms with van der Waals surface area (Å²) in [5, 5.41) is 10.6. The molecule has 0 atom stereocenters. The second-order valence-electron chi connectivity index (χ2n) is 8.06. The molecule has 1 fully saturated rings. The van der Waals surface area contributed by atoms with Gasteiger partial charge in [-0.05, 0) is 37.0 Å². The molecule has 3 aromatic rings. The maximum atomic E-state index is 13.6. The highest BCUT2D eigenvalue weighted by atomic mass is 35.5. The van der Waals surface area contributed by atoms with Gasteiger partial charge in [0, 0.05) is 41.3 Å². The quantitative estimate of drug-likeness (QED) is 0.571. The van der Waals surface area contributed by atoms with E-state index in [4.69, 9.17) is 16.3 Å². The molecule has 1 aliphatic carbocycles. The minimum atomic E-state index is -0.326. The van der Waals surface area contributed by atoms with Crippen molar-refractivity contribution in [2.75, 3.05) is 13.1 Å². The molecule has 1 N–H and O–H groups in total.